The second-order valence-corrected chi connectivity index (χ2v) is 7.27. The average molecular weight is 404 g/mol. The second-order valence-electron chi connectivity index (χ2n) is 7.27. The first-order valence-corrected chi connectivity index (χ1v) is 9.77. The van der Waals surface area contributed by atoms with Crippen LogP contribution in [0.25, 0.3) is 0 Å². The number of para-hydroxylation sites is 1. The van der Waals surface area contributed by atoms with E-state index in [2.05, 4.69) is 6.07 Å². The number of halogens is 1. The summed E-state index contributed by atoms with van der Waals surface area (Å²) in [5.41, 5.74) is 3.71. The first-order valence-electron chi connectivity index (χ1n) is 9.77. The third-order valence-electron chi connectivity index (χ3n) is 5.58. The molecule has 2 aliphatic heterocycles. The molecule has 3 aromatic carbocycles. The van der Waals surface area contributed by atoms with Crippen molar-refractivity contribution in [2.45, 2.75) is 18.7 Å². The van der Waals surface area contributed by atoms with Gasteiger partial charge in [0.05, 0.1) is 31.5 Å². The van der Waals surface area contributed by atoms with Gasteiger partial charge < -0.3 is 14.2 Å². The molecule has 6 heteroatoms. The van der Waals surface area contributed by atoms with E-state index in [0.717, 1.165) is 28.2 Å². The summed E-state index contributed by atoms with van der Waals surface area (Å²) in [7, 11) is 3.27. The van der Waals surface area contributed by atoms with Gasteiger partial charge >= 0.3 is 0 Å². The maximum Gasteiger partial charge on any atom is 0.217 e. The topological polar surface area (TPSA) is 43.3 Å². The van der Waals surface area contributed by atoms with Crippen LogP contribution >= 0.6 is 0 Å². The van der Waals surface area contributed by atoms with Gasteiger partial charge in [-0.25, -0.2) is 9.40 Å². The Bertz CT molecular complexity index is 1110. The molecule has 0 saturated heterocycles. The van der Waals surface area contributed by atoms with Crippen LogP contribution in [0.3, 0.4) is 0 Å². The van der Waals surface area contributed by atoms with Crippen molar-refractivity contribution >= 4 is 5.71 Å². The van der Waals surface area contributed by atoms with Gasteiger partial charge in [-0.3, -0.25) is 0 Å². The third kappa shape index (κ3) is 3.05. The number of fused-ring (bicyclic) bond motifs is 3. The van der Waals surface area contributed by atoms with Crippen molar-refractivity contribution in [2.24, 2.45) is 5.10 Å². The molecule has 0 amide bonds. The maximum absolute atomic E-state index is 13.4. The van der Waals surface area contributed by atoms with E-state index in [1.807, 2.05) is 41.4 Å². The fourth-order valence-electron chi connectivity index (χ4n) is 4.09. The summed E-state index contributed by atoms with van der Waals surface area (Å²) >= 11 is 0. The molecule has 2 heterocycles. The molecule has 0 aromatic heterocycles. The minimum atomic E-state index is -0.479. The quantitative estimate of drug-likeness (QED) is 0.608. The van der Waals surface area contributed by atoms with Crippen molar-refractivity contribution in [3.8, 4) is 17.2 Å². The van der Waals surface area contributed by atoms with Crippen LogP contribution in [0.5, 0.6) is 17.2 Å². The highest BCUT2D eigenvalue weighted by Gasteiger charge is 2.42. The predicted octanol–water partition coefficient (Wildman–Crippen LogP) is 5.09. The highest BCUT2D eigenvalue weighted by atomic mass is 19.1. The molecule has 2 atom stereocenters. The monoisotopic (exact) mass is 404 g/mol. The molecular weight excluding hydrogens is 383 g/mol. The Hall–Kier alpha value is -3.54. The van der Waals surface area contributed by atoms with Crippen LogP contribution < -0.4 is 14.2 Å². The van der Waals surface area contributed by atoms with E-state index in [0.29, 0.717) is 17.9 Å². The van der Waals surface area contributed by atoms with Gasteiger partial charge in [0.25, 0.3) is 0 Å². The smallest absolute Gasteiger partial charge is 0.217 e. The predicted molar refractivity (Wildman–Crippen MR) is 111 cm³/mol. The van der Waals surface area contributed by atoms with Crippen LogP contribution in [-0.2, 0) is 0 Å². The summed E-state index contributed by atoms with van der Waals surface area (Å²) in [5.74, 6) is 1.98. The Balaban J connectivity index is 1.62. The molecule has 0 fully saturated rings. The van der Waals surface area contributed by atoms with Gasteiger partial charge in [-0.15, -0.1) is 0 Å². The van der Waals surface area contributed by atoms with Crippen molar-refractivity contribution in [1.82, 2.24) is 5.01 Å². The summed E-state index contributed by atoms with van der Waals surface area (Å²) in [6, 6.07) is 20.1. The van der Waals surface area contributed by atoms with E-state index >= 15 is 0 Å². The number of benzene rings is 3. The van der Waals surface area contributed by atoms with Crippen molar-refractivity contribution in [1.29, 1.82) is 0 Å². The first kappa shape index (κ1) is 18.5. The van der Waals surface area contributed by atoms with Crippen LogP contribution in [-0.4, -0.2) is 24.9 Å². The van der Waals surface area contributed by atoms with Crippen molar-refractivity contribution in [3.05, 3.63) is 89.2 Å². The Labute approximate surface area is 174 Å². The highest BCUT2D eigenvalue weighted by molar-refractivity contribution is 6.01. The van der Waals surface area contributed by atoms with E-state index in [9.17, 15) is 4.39 Å². The second kappa shape index (κ2) is 7.37. The molecule has 0 aliphatic carbocycles. The molecule has 5 rings (SSSR count). The first-order chi connectivity index (χ1) is 14.7. The zero-order valence-electron chi connectivity index (χ0n) is 16.7. The van der Waals surface area contributed by atoms with E-state index in [1.165, 1.54) is 12.1 Å². The molecule has 0 radical (unpaired) electrons. The Morgan fingerprint density at radius 2 is 1.77 bits per heavy atom. The van der Waals surface area contributed by atoms with Crippen LogP contribution in [0.1, 0.15) is 35.4 Å². The fraction of sp³-hybridized carbons (Fsp3) is 0.208. The van der Waals surface area contributed by atoms with E-state index < -0.39 is 6.23 Å². The van der Waals surface area contributed by atoms with Gasteiger partial charge in [-0.05, 0) is 42.0 Å². The van der Waals surface area contributed by atoms with Gasteiger partial charge in [-0.2, -0.15) is 5.10 Å². The Morgan fingerprint density at radius 3 is 2.53 bits per heavy atom. The lowest BCUT2D eigenvalue weighted by atomic mass is 9.96. The largest absolute Gasteiger partial charge is 0.497 e. The fourth-order valence-corrected chi connectivity index (χ4v) is 4.09. The van der Waals surface area contributed by atoms with Gasteiger partial charge in [0.15, 0.2) is 0 Å². The van der Waals surface area contributed by atoms with Crippen LogP contribution in [0, 0.1) is 5.82 Å². The van der Waals surface area contributed by atoms with Gasteiger partial charge in [0.1, 0.15) is 23.1 Å². The molecule has 0 saturated carbocycles. The Morgan fingerprint density at radius 1 is 0.967 bits per heavy atom. The minimum absolute atomic E-state index is 0.0101. The molecule has 0 bridgehead atoms. The zero-order valence-corrected chi connectivity index (χ0v) is 16.7. The molecule has 0 N–H and O–H groups in total. The summed E-state index contributed by atoms with van der Waals surface area (Å²) in [4.78, 5) is 0. The van der Waals surface area contributed by atoms with Crippen molar-refractivity contribution in [3.63, 3.8) is 0 Å². The molecule has 0 spiro atoms. The molecule has 2 aliphatic rings. The SMILES string of the molecule is COc1ccc(OC)c([C@@H]2Oc3ccccc3[C@H]3CC(c4ccc(F)cc4)=NN32)c1. The Kier molecular flexibility index (Phi) is 4.54. The average Bonchev–Trinajstić information content (AvgIpc) is 3.24. The number of hydrogen-bond donors (Lipinski definition) is 0. The molecule has 30 heavy (non-hydrogen) atoms. The van der Waals surface area contributed by atoms with E-state index in [4.69, 9.17) is 19.3 Å². The lowest BCUT2D eigenvalue weighted by Gasteiger charge is -2.38. The molecule has 5 nitrogen and oxygen atoms in total. The number of rotatable bonds is 4. The molecular formula is C24H21FN2O3. The van der Waals surface area contributed by atoms with Crippen LogP contribution in [0.15, 0.2) is 71.8 Å². The van der Waals surface area contributed by atoms with Crippen molar-refractivity contribution in [2.75, 3.05) is 14.2 Å². The summed E-state index contributed by atoms with van der Waals surface area (Å²) in [6.07, 6.45) is 0.224. The standard InChI is InChI=1S/C24H21FN2O3/c1-28-17-11-12-22(29-2)19(13-17)24-27-21(18-5-3-4-6-23(18)30-24)14-20(26-27)15-7-9-16(25)10-8-15/h3-13,21,24H,14H2,1-2H3/t21-,24+/m1/s1. The van der Waals surface area contributed by atoms with Gasteiger partial charge in [0.2, 0.25) is 6.23 Å². The van der Waals surface area contributed by atoms with Gasteiger partial charge in [0, 0.05) is 12.0 Å². The van der Waals surface area contributed by atoms with E-state index in [-0.39, 0.29) is 11.9 Å². The molecule has 0 unspecified atom stereocenters. The number of methoxy groups -OCH3 is 2. The molecule has 152 valence electrons. The number of hydrazone groups is 1. The number of ether oxygens (including phenoxy) is 3. The lowest BCUT2D eigenvalue weighted by molar-refractivity contribution is -0.0204. The summed E-state index contributed by atoms with van der Waals surface area (Å²) in [5, 5.41) is 6.87. The highest BCUT2D eigenvalue weighted by Crippen LogP contribution is 2.49. The normalized spacial score (nSPS) is 19.4. The lowest BCUT2D eigenvalue weighted by Crippen LogP contribution is -2.33. The zero-order chi connectivity index (χ0) is 20.7. The van der Waals surface area contributed by atoms with Gasteiger partial charge in [-0.1, -0.05) is 30.3 Å². The van der Waals surface area contributed by atoms with Crippen LogP contribution in [0.2, 0.25) is 0 Å². The minimum Gasteiger partial charge on any atom is -0.497 e. The summed E-state index contributed by atoms with van der Waals surface area (Å²) < 4.78 is 30.8. The summed E-state index contributed by atoms with van der Waals surface area (Å²) in [6.45, 7) is 0. The number of nitrogens with zero attached hydrogens (tertiary/aromatic N) is 2. The molecule has 3 aromatic rings. The van der Waals surface area contributed by atoms with Crippen LogP contribution in [0.4, 0.5) is 4.39 Å². The number of hydrogen-bond acceptors (Lipinski definition) is 5. The third-order valence-corrected chi connectivity index (χ3v) is 5.58. The maximum atomic E-state index is 13.4. The van der Waals surface area contributed by atoms with E-state index in [1.54, 1.807) is 26.4 Å². The van der Waals surface area contributed by atoms with Crippen molar-refractivity contribution < 1.29 is 18.6 Å².